The van der Waals surface area contributed by atoms with Gasteiger partial charge in [-0.1, -0.05) is 0 Å². The lowest BCUT2D eigenvalue weighted by atomic mass is 10.7. The van der Waals surface area contributed by atoms with Gasteiger partial charge in [0.2, 0.25) is 0 Å². The van der Waals surface area contributed by atoms with Crippen molar-refractivity contribution in [2.24, 2.45) is 0 Å². The Labute approximate surface area is 56.2 Å². The number of carbonyl (C=O) groups excluding carboxylic acids is 1. The van der Waals surface area contributed by atoms with E-state index in [1.807, 2.05) is 0 Å². The van der Waals surface area contributed by atoms with E-state index in [4.69, 9.17) is 0 Å². The standard InChI is InChI=1S/C4H9NO2.C2H5/c1-2-7-4(6)3-5;1-2/h2-3,5H2,1H3;1H2,2H3/q;-1/p+1. The van der Waals surface area contributed by atoms with E-state index in [0.29, 0.717) is 6.61 Å². The number of quaternary nitrogens is 1. The number of rotatable bonds is 2. The van der Waals surface area contributed by atoms with Crippen LogP contribution in [0.4, 0.5) is 0 Å². The molecule has 0 radical (unpaired) electrons. The third-order valence-corrected chi connectivity index (χ3v) is 0.509. The van der Waals surface area contributed by atoms with Crippen molar-refractivity contribution < 1.29 is 15.3 Å². The second kappa shape index (κ2) is 10.4. The van der Waals surface area contributed by atoms with E-state index in [0.717, 1.165) is 0 Å². The molecule has 3 N–H and O–H groups in total. The molecule has 0 aromatic heterocycles. The summed E-state index contributed by atoms with van der Waals surface area (Å²) in [5.41, 5.74) is 3.33. The summed E-state index contributed by atoms with van der Waals surface area (Å²) >= 11 is 0. The number of carbonyl (C=O) groups is 1. The molecule has 9 heavy (non-hydrogen) atoms. The van der Waals surface area contributed by atoms with Crippen LogP contribution in [0.5, 0.6) is 0 Å². The van der Waals surface area contributed by atoms with Gasteiger partial charge in [-0.3, -0.25) is 0 Å². The molecule has 0 aromatic rings. The van der Waals surface area contributed by atoms with Crippen molar-refractivity contribution in [3.63, 3.8) is 0 Å². The van der Waals surface area contributed by atoms with Crippen LogP contribution in [-0.4, -0.2) is 19.1 Å². The van der Waals surface area contributed by atoms with Crippen LogP contribution in [0.25, 0.3) is 0 Å². The van der Waals surface area contributed by atoms with Crippen molar-refractivity contribution in [1.29, 1.82) is 0 Å². The van der Waals surface area contributed by atoms with Crippen LogP contribution in [0, 0.1) is 6.92 Å². The Morgan fingerprint density at radius 1 is 1.67 bits per heavy atom. The SMILES string of the molecule is CCOC(=O)C[NH3+].[CH2-]C. The third kappa shape index (κ3) is 11.2. The van der Waals surface area contributed by atoms with Gasteiger partial charge in [-0.25, -0.2) is 4.79 Å². The van der Waals surface area contributed by atoms with Gasteiger partial charge in [0, 0.05) is 0 Å². The molecule has 0 rings (SSSR count). The first kappa shape index (κ1) is 11.3. The van der Waals surface area contributed by atoms with Crippen LogP contribution in [-0.2, 0) is 9.53 Å². The fourth-order valence-corrected chi connectivity index (χ4v) is 0.233. The molecule has 0 fully saturated rings. The van der Waals surface area contributed by atoms with Gasteiger partial charge in [0.25, 0.3) is 0 Å². The summed E-state index contributed by atoms with van der Waals surface area (Å²) in [7, 11) is 0. The van der Waals surface area contributed by atoms with Crippen LogP contribution in [0.2, 0.25) is 0 Å². The summed E-state index contributed by atoms with van der Waals surface area (Å²) in [5.74, 6) is -0.234. The Hall–Kier alpha value is -0.570. The molecule has 3 heteroatoms. The molecule has 56 valence electrons. The van der Waals surface area contributed by atoms with E-state index in [9.17, 15) is 4.79 Å². The van der Waals surface area contributed by atoms with Crippen LogP contribution >= 0.6 is 0 Å². The molecule has 0 aliphatic heterocycles. The van der Waals surface area contributed by atoms with Crippen molar-refractivity contribution in [2.75, 3.05) is 13.2 Å². The summed E-state index contributed by atoms with van der Waals surface area (Å²) in [4.78, 5) is 10.1. The zero-order valence-corrected chi connectivity index (χ0v) is 6.14. The van der Waals surface area contributed by atoms with E-state index in [-0.39, 0.29) is 12.5 Å². The largest absolute Gasteiger partial charge is 0.462 e. The second-order valence-electron chi connectivity index (χ2n) is 1.06. The smallest absolute Gasteiger partial charge is 0.361 e. The van der Waals surface area contributed by atoms with Crippen molar-refractivity contribution in [2.45, 2.75) is 13.8 Å². The highest BCUT2D eigenvalue weighted by molar-refractivity contribution is 5.69. The number of hydrogen-bond acceptors (Lipinski definition) is 2. The molecule has 0 atom stereocenters. The molecule has 0 amide bonds. The van der Waals surface area contributed by atoms with Crippen molar-refractivity contribution >= 4 is 5.97 Å². The maximum atomic E-state index is 10.1. The van der Waals surface area contributed by atoms with Gasteiger partial charge in [0.1, 0.15) is 0 Å². The van der Waals surface area contributed by atoms with Crippen LogP contribution < -0.4 is 5.73 Å². The summed E-state index contributed by atoms with van der Waals surface area (Å²) in [5, 5.41) is 0. The number of ether oxygens (including phenoxy) is 1. The summed E-state index contributed by atoms with van der Waals surface area (Å²) in [6.07, 6.45) is 0. The van der Waals surface area contributed by atoms with Crippen LogP contribution in [0.3, 0.4) is 0 Å². The molecule has 0 aliphatic rings. The van der Waals surface area contributed by atoms with Crippen molar-refractivity contribution in [3.05, 3.63) is 6.92 Å². The molecule has 3 nitrogen and oxygen atoms in total. The molecular formula is C6H15NO2. The van der Waals surface area contributed by atoms with Crippen LogP contribution in [0.15, 0.2) is 0 Å². The molecule has 0 aliphatic carbocycles. The molecular weight excluding hydrogens is 118 g/mol. The van der Waals surface area contributed by atoms with Gasteiger partial charge < -0.3 is 17.4 Å². The predicted molar refractivity (Wildman–Crippen MR) is 35.4 cm³/mol. The molecule has 0 heterocycles. The fraction of sp³-hybridized carbons (Fsp3) is 0.667. The third-order valence-electron chi connectivity index (χ3n) is 0.509. The quantitative estimate of drug-likeness (QED) is 0.413. The second-order valence-corrected chi connectivity index (χ2v) is 1.06. The Kier molecular flexibility index (Phi) is 13.0. The highest BCUT2D eigenvalue weighted by Crippen LogP contribution is 1.68. The summed E-state index contributed by atoms with van der Waals surface area (Å²) < 4.78 is 4.49. The van der Waals surface area contributed by atoms with Gasteiger partial charge in [0.15, 0.2) is 6.54 Å². The van der Waals surface area contributed by atoms with E-state index in [1.165, 1.54) is 0 Å². The highest BCUT2D eigenvalue weighted by atomic mass is 16.5. The van der Waals surface area contributed by atoms with E-state index >= 15 is 0 Å². The minimum Gasteiger partial charge on any atom is -0.462 e. The minimum atomic E-state index is -0.234. The Morgan fingerprint density at radius 3 is 2.22 bits per heavy atom. The Bertz CT molecular complexity index is 64.1. The van der Waals surface area contributed by atoms with Gasteiger partial charge in [0.05, 0.1) is 6.61 Å². The molecule has 0 bridgehead atoms. The lowest BCUT2D eigenvalue weighted by Gasteiger charge is -1.92. The van der Waals surface area contributed by atoms with Crippen molar-refractivity contribution in [1.82, 2.24) is 0 Å². The summed E-state index contributed by atoms with van der Waals surface area (Å²) in [6, 6.07) is 0. The van der Waals surface area contributed by atoms with E-state index in [2.05, 4.69) is 17.4 Å². The number of hydrogen-bond donors (Lipinski definition) is 1. The van der Waals surface area contributed by atoms with Gasteiger partial charge in [-0.2, -0.15) is 6.92 Å². The fourth-order valence-electron chi connectivity index (χ4n) is 0.233. The maximum Gasteiger partial charge on any atom is 0.361 e. The average molecular weight is 133 g/mol. The Morgan fingerprint density at radius 2 is 2.11 bits per heavy atom. The van der Waals surface area contributed by atoms with Crippen molar-refractivity contribution in [3.8, 4) is 0 Å². The molecule has 0 saturated heterocycles. The topological polar surface area (TPSA) is 53.9 Å². The number of esters is 1. The first-order valence-electron chi connectivity index (χ1n) is 2.96. The zero-order valence-electron chi connectivity index (χ0n) is 6.14. The predicted octanol–water partition coefficient (Wildman–Crippen LogP) is -0.368. The van der Waals surface area contributed by atoms with E-state index in [1.54, 1.807) is 13.8 Å². The first-order chi connectivity index (χ1) is 4.31. The zero-order chi connectivity index (χ0) is 7.70. The highest BCUT2D eigenvalue weighted by Gasteiger charge is 1.94. The molecule has 0 spiro atoms. The summed E-state index contributed by atoms with van der Waals surface area (Å²) in [6.45, 7) is 7.45. The lowest BCUT2D eigenvalue weighted by molar-refractivity contribution is -0.359. The average Bonchev–Trinajstić information content (AvgIpc) is 1.93. The first-order valence-corrected chi connectivity index (χ1v) is 2.96. The monoisotopic (exact) mass is 133 g/mol. The van der Waals surface area contributed by atoms with Gasteiger partial charge >= 0.3 is 5.97 Å². The van der Waals surface area contributed by atoms with Gasteiger partial charge in [-0.15, -0.1) is 0 Å². The molecule has 0 saturated carbocycles. The normalized spacial score (nSPS) is 7.11. The minimum absolute atomic E-state index is 0.230. The van der Waals surface area contributed by atoms with E-state index < -0.39 is 0 Å². The van der Waals surface area contributed by atoms with Crippen LogP contribution in [0.1, 0.15) is 13.8 Å². The lowest BCUT2D eigenvalue weighted by Crippen LogP contribution is -2.54. The Balaban J connectivity index is 0. The molecule has 0 unspecified atom stereocenters. The maximum absolute atomic E-state index is 10.1. The van der Waals surface area contributed by atoms with Gasteiger partial charge in [-0.05, 0) is 6.92 Å². The molecule has 0 aromatic carbocycles.